The number of aromatic nitrogens is 4. The summed E-state index contributed by atoms with van der Waals surface area (Å²) >= 11 is 6.23. The standard InChI is InChI=1S/C18H15ClN4O/c1-11-13(10-12-6-2-3-7-14(12)19)17(24)23(22-11)18-20-15-8-4-5-9-16(15)21-18/h2-9,24H,10H2,1H3,(H,20,21). The van der Waals surface area contributed by atoms with Crippen LogP contribution in [0.5, 0.6) is 5.88 Å². The number of hydrogen-bond acceptors (Lipinski definition) is 3. The second-order valence-electron chi connectivity index (χ2n) is 5.65. The molecule has 120 valence electrons. The molecule has 0 spiro atoms. The normalized spacial score (nSPS) is 11.2. The number of para-hydroxylation sites is 2. The minimum Gasteiger partial charge on any atom is -0.493 e. The number of benzene rings is 2. The van der Waals surface area contributed by atoms with Crippen LogP contribution in [0.2, 0.25) is 5.02 Å². The molecule has 0 aliphatic rings. The van der Waals surface area contributed by atoms with Gasteiger partial charge in [0.15, 0.2) is 0 Å². The van der Waals surface area contributed by atoms with Crippen molar-refractivity contribution in [2.75, 3.05) is 0 Å². The van der Waals surface area contributed by atoms with E-state index in [1.807, 2.05) is 55.5 Å². The van der Waals surface area contributed by atoms with E-state index in [-0.39, 0.29) is 5.88 Å². The summed E-state index contributed by atoms with van der Waals surface area (Å²) in [5, 5.41) is 15.7. The first-order chi connectivity index (χ1) is 11.6. The first-order valence-corrected chi connectivity index (χ1v) is 7.97. The molecule has 0 radical (unpaired) electrons. The summed E-state index contributed by atoms with van der Waals surface area (Å²) in [6, 6.07) is 15.3. The van der Waals surface area contributed by atoms with Crippen LogP contribution in [0.15, 0.2) is 48.5 Å². The fourth-order valence-corrected chi connectivity index (χ4v) is 2.98. The number of nitrogens with zero attached hydrogens (tertiary/aromatic N) is 3. The van der Waals surface area contributed by atoms with Gasteiger partial charge in [-0.2, -0.15) is 9.78 Å². The molecule has 4 aromatic rings. The predicted molar refractivity (Wildman–Crippen MR) is 93.9 cm³/mol. The predicted octanol–water partition coefficient (Wildman–Crippen LogP) is 4.01. The zero-order valence-electron chi connectivity index (χ0n) is 13.0. The smallest absolute Gasteiger partial charge is 0.232 e. The summed E-state index contributed by atoms with van der Waals surface area (Å²) < 4.78 is 1.43. The van der Waals surface area contributed by atoms with E-state index in [4.69, 9.17) is 11.6 Å². The number of aryl methyl sites for hydroxylation is 1. The molecule has 4 rings (SSSR count). The Kier molecular flexibility index (Phi) is 3.50. The fraction of sp³-hybridized carbons (Fsp3) is 0.111. The van der Waals surface area contributed by atoms with E-state index in [1.54, 1.807) is 0 Å². The number of aromatic amines is 1. The zero-order valence-corrected chi connectivity index (χ0v) is 13.7. The minimum absolute atomic E-state index is 0.0754. The zero-order chi connectivity index (χ0) is 16.7. The summed E-state index contributed by atoms with van der Waals surface area (Å²) in [6.45, 7) is 1.87. The molecular formula is C18H15ClN4O. The average Bonchev–Trinajstić information content (AvgIpc) is 3.12. The Balaban J connectivity index is 1.77. The van der Waals surface area contributed by atoms with Crippen LogP contribution in [0.1, 0.15) is 16.8 Å². The summed E-state index contributed by atoms with van der Waals surface area (Å²) in [6.07, 6.45) is 0.511. The van der Waals surface area contributed by atoms with Gasteiger partial charge in [0.1, 0.15) is 0 Å². The van der Waals surface area contributed by atoms with Crippen LogP contribution in [0, 0.1) is 6.92 Å². The van der Waals surface area contributed by atoms with Gasteiger partial charge in [-0.3, -0.25) is 0 Å². The van der Waals surface area contributed by atoms with Gasteiger partial charge >= 0.3 is 0 Å². The van der Waals surface area contributed by atoms with Gasteiger partial charge < -0.3 is 10.1 Å². The van der Waals surface area contributed by atoms with Crippen molar-refractivity contribution >= 4 is 22.6 Å². The van der Waals surface area contributed by atoms with Crippen molar-refractivity contribution in [3.63, 3.8) is 0 Å². The van der Waals surface area contributed by atoms with Gasteiger partial charge in [0.25, 0.3) is 0 Å². The summed E-state index contributed by atoms with van der Waals surface area (Å²) in [7, 11) is 0. The lowest BCUT2D eigenvalue weighted by Crippen LogP contribution is -1.98. The first-order valence-electron chi connectivity index (χ1n) is 7.59. The van der Waals surface area contributed by atoms with Crippen molar-refractivity contribution in [1.29, 1.82) is 0 Å². The second-order valence-corrected chi connectivity index (χ2v) is 6.05. The van der Waals surface area contributed by atoms with Gasteiger partial charge in [-0.05, 0) is 30.7 Å². The minimum atomic E-state index is 0.0754. The Bertz CT molecular complexity index is 1000. The van der Waals surface area contributed by atoms with E-state index in [0.717, 1.165) is 27.9 Å². The number of halogens is 1. The first kappa shape index (κ1) is 14.8. The van der Waals surface area contributed by atoms with Crippen molar-refractivity contribution in [2.45, 2.75) is 13.3 Å². The van der Waals surface area contributed by atoms with Gasteiger partial charge in [0, 0.05) is 17.0 Å². The van der Waals surface area contributed by atoms with Crippen LogP contribution in [-0.2, 0) is 6.42 Å². The molecule has 6 heteroatoms. The molecule has 0 saturated carbocycles. The second kappa shape index (κ2) is 5.69. The monoisotopic (exact) mass is 338 g/mol. The van der Waals surface area contributed by atoms with Crippen molar-refractivity contribution in [2.24, 2.45) is 0 Å². The molecule has 2 aromatic carbocycles. The van der Waals surface area contributed by atoms with E-state index >= 15 is 0 Å². The molecule has 0 amide bonds. The van der Waals surface area contributed by atoms with E-state index in [2.05, 4.69) is 15.1 Å². The highest BCUT2D eigenvalue weighted by atomic mass is 35.5. The highest BCUT2D eigenvalue weighted by molar-refractivity contribution is 6.31. The van der Waals surface area contributed by atoms with Crippen LogP contribution >= 0.6 is 11.6 Å². The molecule has 0 fully saturated rings. The molecule has 0 aliphatic carbocycles. The number of aromatic hydroxyl groups is 1. The lowest BCUT2D eigenvalue weighted by atomic mass is 10.1. The van der Waals surface area contributed by atoms with Crippen molar-refractivity contribution in [3.8, 4) is 11.8 Å². The molecule has 24 heavy (non-hydrogen) atoms. The molecular weight excluding hydrogens is 324 g/mol. The maximum absolute atomic E-state index is 10.6. The third-order valence-corrected chi connectivity index (χ3v) is 4.43. The molecule has 0 bridgehead atoms. The third kappa shape index (κ3) is 2.43. The number of nitrogens with one attached hydrogen (secondary N) is 1. The van der Waals surface area contributed by atoms with Crippen molar-refractivity contribution in [3.05, 3.63) is 70.4 Å². The lowest BCUT2D eigenvalue weighted by molar-refractivity contribution is 0.426. The molecule has 0 unspecified atom stereocenters. The van der Waals surface area contributed by atoms with Crippen LogP contribution < -0.4 is 0 Å². The van der Waals surface area contributed by atoms with Gasteiger partial charge in [0.2, 0.25) is 11.8 Å². The van der Waals surface area contributed by atoms with Crippen molar-refractivity contribution in [1.82, 2.24) is 19.7 Å². The molecule has 2 heterocycles. The number of imidazole rings is 1. The largest absolute Gasteiger partial charge is 0.493 e. The van der Waals surface area contributed by atoms with E-state index in [1.165, 1.54) is 4.68 Å². The SMILES string of the molecule is Cc1nn(-c2nc3ccccc3[nH]2)c(O)c1Cc1ccccc1Cl. The van der Waals surface area contributed by atoms with E-state index in [0.29, 0.717) is 17.4 Å². The Morgan fingerprint density at radius 1 is 1.12 bits per heavy atom. The topological polar surface area (TPSA) is 66.7 Å². The summed E-state index contributed by atoms with van der Waals surface area (Å²) in [4.78, 5) is 7.65. The number of hydrogen-bond donors (Lipinski definition) is 2. The highest BCUT2D eigenvalue weighted by Crippen LogP contribution is 2.29. The van der Waals surface area contributed by atoms with Crippen LogP contribution in [-0.4, -0.2) is 24.9 Å². The maximum atomic E-state index is 10.6. The van der Waals surface area contributed by atoms with E-state index < -0.39 is 0 Å². The van der Waals surface area contributed by atoms with Gasteiger partial charge in [-0.1, -0.05) is 41.9 Å². The molecule has 0 saturated heterocycles. The Morgan fingerprint density at radius 3 is 2.67 bits per heavy atom. The van der Waals surface area contributed by atoms with Crippen LogP contribution in [0.25, 0.3) is 17.0 Å². The van der Waals surface area contributed by atoms with Gasteiger partial charge in [-0.15, -0.1) is 0 Å². The summed E-state index contributed by atoms with van der Waals surface area (Å²) in [5.74, 6) is 0.564. The average molecular weight is 339 g/mol. The lowest BCUT2D eigenvalue weighted by Gasteiger charge is -2.04. The van der Waals surface area contributed by atoms with Gasteiger partial charge in [0.05, 0.1) is 16.7 Å². The highest BCUT2D eigenvalue weighted by Gasteiger charge is 2.18. The Hall–Kier alpha value is -2.79. The Labute approximate surface area is 143 Å². The number of fused-ring (bicyclic) bond motifs is 1. The Morgan fingerprint density at radius 2 is 1.88 bits per heavy atom. The fourth-order valence-electron chi connectivity index (χ4n) is 2.77. The molecule has 0 aliphatic heterocycles. The number of H-pyrrole nitrogens is 1. The van der Waals surface area contributed by atoms with Crippen LogP contribution in [0.3, 0.4) is 0 Å². The molecule has 2 aromatic heterocycles. The molecule has 0 atom stereocenters. The maximum Gasteiger partial charge on any atom is 0.232 e. The van der Waals surface area contributed by atoms with Crippen LogP contribution in [0.4, 0.5) is 0 Å². The summed E-state index contributed by atoms with van der Waals surface area (Å²) in [5.41, 5.74) is 4.15. The number of rotatable bonds is 3. The third-order valence-electron chi connectivity index (χ3n) is 4.06. The molecule has 5 nitrogen and oxygen atoms in total. The molecule has 2 N–H and O–H groups in total. The van der Waals surface area contributed by atoms with Crippen molar-refractivity contribution < 1.29 is 5.11 Å². The quantitative estimate of drug-likeness (QED) is 0.593. The van der Waals surface area contributed by atoms with Gasteiger partial charge in [-0.25, -0.2) is 4.98 Å². The van der Waals surface area contributed by atoms with E-state index in [9.17, 15) is 5.11 Å².